The van der Waals surface area contributed by atoms with Crippen LogP contribution in [0.25, 0.3) is 0 Å². The van der Waals surface area contributed by atoms with Gasteiger partial charge in [0, 0.05) is 0 Å². The Bertz CT molecular complexity index is 1180. The summed E-state index contributed by atoms with van der Waals surface area (Å²) >= 11 is 0. The molecule has 0 saturated heterocycles. The second-order valence-electron chi connectivity index (χ2n) is 6.85. The first-order valence-corrected chi connectivity index (χ1v) is 10.8. The van der Waals surface area contributed by atoms with Crippen LogP contribution in [0.1, 0.15) is 11.1 Å². The predicted molar refractivity (Wildman–Crippen MR) is 111 cm³/mol. The average molecular weight is 466 g/mol. The van der Waals surface area contributed by atoms with Gasteiger partial charge in [0.1, 0.15) is 11.9 Å². The van der Waals surface area contributed by atoms with Crippen molar-refractivity contribution in [1.82, 2.24) is 4.72 Å². The molecule has 168 valence electrons. The van der Waals surface area contributed by atoms with E-state index in [2.05, 4.69) is 10.0 Å². The van der Waals surface area contributed by atoms with E-state index in [1.54, 1.807) is 30.3 Å². The number of para-hydroxylation sites is 1. The van der Waals surface area contributed by atoms with E-state index < -0.39 is 45.2 Å². The number of anilines is 1. The third-order valence-electron chi connectivity index (χ3n) is 4.51. The number of benzene rings is 3. The molecule has 0 heterocycles. The molecule has 0 aliphatic rings. The molecule has 0 saturated carbocycles. The van der Waals surface area contributed by atoms with E-state index in [0.717, 1.165) is 36.4 Å². The summed E-state index contributed by atoms with van der Waals surface area (Å²) in [5.74, 6) is -1.62. The van der Waals surface area contributed by atoms with Gasteiger partial charge in [0.05, 0.1) is 16.1 Å². The normalized spacial score (nSPS) is 12.9. The van der Waals surface area contributed by atoms with Crippen LogP contribution >= 0.6 is 0 Å². The van der Waals surface area contributed by atoms with E-state index in [0.29, 0.717) is 5.56 Å². The Morgan fingerprint density at radius 1 is 0.875 bits per heavy atom. The van der Waals surface area contributed by atoms with Crippen molar-refractivity contribution in [2.75, 3.05) is 5.32 Å². The number of amides is 1. The molecule has 0 aliphatic heterocycles. The minimum absolute atomic E-state index is 0.124. The zero-order chi connectivity index (χ0) is 23.4. The summed E-state index contributed by atoms with van der Waals surface area (Å²) in [7, 11) is -4.27. The zero-order valence-electron chi connectivity index (χ0n) is 16.4. The molecule has 3 aromatic rings. The molecule has 0 bridgehead atoms. The molecule has 3 rings (SSSR count). The Balaban J connectivity index is 1.91. The number of rotatable bonds is 7. The second kappa shape index (κ2) is 9.49. The molecular weight excluding hydrogens is 448 g/mol. The second-order valence-corrected chi connectivity index (χ2v) is 8.56. The largest absolute Gasteiger partial charge is 0.418 e. The van der Waals surface area contributed by atoms with Gasteiger partial charge >= 0.3 is 6.18 Å². The van der Waals surface area contributed by atoms with Crippen molar-refractivity contribution in [3.05, 3.63) is 95.8 Å². The summed E-state index contributed by atoms with van der Waals surface area (Å²) in [6.07, 6.45) is -4.84. The van der Waals surface area contributed by atoms with Gasteiger partial charge in [-0.25, -0.2) is 12.8 Å². The number of hydrogen-bond acceptors (Lipinski definition) is 3. The average Bonchev–Trinajstić information content (AvgIpc) is 2.74. The number of alkyl halides is 3. The lowest BCUT2D eigenvalue weighted by Gasteiger charge is -2.20. The summed E-state index contributed by atoms with van der Waals surface area (Å²) in [5.41, 5.74) is -0.976. The number of hydrogen-bond donors (Lipinski definition) is 2. The molecule has 10 heteroatoms. The molecule has 2 N–H and O–H groups in total. The highest BCUT2D eigenvalue weighted by molar-refractivity contribution is 7.89. The lowest BCUT2D eigenvalue weighted by Crippen LogP contribution is -2.45. The lowest BCUT2D eigenvalue weighted by molar-refractivity contribution is -0.137. The third kappa shape index (κ3) is 5.92. The van der Waals surface area contributed by atoms with Crippen LogP contribution in [0.3, 0.4) is 0 Å². The summed E-state index contributed by atoms with van der Waals surface area (Å²) in [6, 6.07) is 15.3. The molecule has 1 amide bonds. The third-order valence-corrected chi connectivity index (χ3v) is 6.00. The highest BCUT2D eigenvalue weighted by atomic mass is 32.2. The van der Waals surface area contributed by atoms with Gasteiger partial charge in [-0.3, -0.25) is 4.79 Å². The Labute approximate surface area is 182 Å². The van der Waals surface area contributed by atoms with Crippen LogP contribution in [0, 0.1) is 5.82 Å². The predicted octanol–water partition coefficient (Wildman–Crippen LogP) is 4.37. The van der Waals surface area contributed by atoms with Gasteiger partial charge < -0.3 is 5.32 Å². The van der Waals surface area contributed by atoms with Gasteiger partial charge in [0.25, 0.3) is 0 Å². The number of halogens is 4. The number of carbonyl (C=O) groups excluding carboxylic acids is 1. The van der Waals surface area contributed by atoms with Crippen molar-refractivity contribution in [3.63, 3.8) is 0 Å². The maximum atomic E-state index is 13.3. The molecule has 0 spiro atoms. The highest BCUT2D eigenvalue weighted by Crippen LogP contribution is 2.34. The number of carbonyl (C=O) groups is 1. The van der Waals surface area contributed by atoms with Crippen molar-refractivity contribution in [2.45, 2.75) is 23.5 Å². The van der Waals surface area contributed by atoms with Crippen molar-refractivity contribution >= 4 is 21.6 Å². The zero-order valence-corrected chi connectivity index (χ0v) is 17.3. The van der Waals surface area contributed by atoms with Gasteiger partial charge in [-0.15, -0.1) is 0 Å². The molecule has 0 fully saturated rings. The lowest BCUT2D eigenvalue weighted by atomic mass is 10.1. The fraction of sp³-hybridized carbons (Fsp3) is 0.136. The monoisotopic (exact) mass is 466 g/mol. The molecule has 0 unspecified atom stereocenters. The molecule has 3 aromatic carbocycles. The molecular formula is C22H18F4N2O3S. The molecule has 0 aromatic heterocycles. The molecule has 0 aliphatic carbocycles. The van der Waals surface area contributed by atoms with Crippen LogP contribution < -0.4 is 10.0 Å². The fourth-order valence-corrected chi connectivity index (χ4v) is 4.16. The first-order chi connectivity index (χ1) is 15.1. The van der Waals surface area contributed by atoms with Crippen molar-refractivity contribution in [1.29, 1.82) is 0 Å². The van der Waals surface area contributed by atoms with Crippen molar-refractivity contribution < 1.29 is 30.8 Å². The minimum Gasteiger partial charge on any atom is -0.324 e. The van der Waals surface area contributed by atoms with Crippen molar-refractivity contribution in [2.24, 2.45) is 0 Å². The number of sulfonamides is 1. The Hall–Kier alpha value is -3.24. The fourth-order valence-electron chi connectivity index (χ4n) is 2.97. The summed E-state index contributed by atoms with van der Waals surface area (Å²) in [4.78, 5) is 12.6. The molecule has 0 radical (unpaired) electrons. The van der Waals surface area contributed by atoms with E-state index >= 15 is 0 Å². The van der Waals surface area contributed by atoms with Gasteiger partial charge in [-0.1, -0.05) is 42.5 Å². The van der Waals surface area contributed by atoms with E-state index in [1.807, 2.05) is 0 Å². The van der Waals surface area contributed by atoms with Crippen LogP contribution in [-0.2, 0) is 27.4 Å². The van der Waals surface area contributed by atoms with Crippen LogP contribution in [-0.4, -0.2) is 20.4 Å². The maximum Gasteiger partial charge on any atom is 0.418 e. The van der Waals surface area contributed by atoms with Gasteiger partial charge in [-0.2, -0.15) is 17.9 Å². The molecule has 5 nitrogen and oxygen atoms in total. The first kappa shape index (κ1) is 23.4. The SMILES string of the molecule is O=C(Nc1ccccc1C(F)(F)F)[C@@H](Cc1ccccc1)NS(=O)(=O)c1ccc(F)cc1. The quantitative estimate of drug-likeness (QED) is 0.508. The van der Waals surface area contributed by atoms with Gasteiger partial charge in [-0.05, 0) is 48.4 Å². The Morgan fingerprint density at radius 2 is 1.47 bits per heavy atom. The minimum atomic E-state index is -4.72. The van der Waals surface area contributed by atoms with E-state index in [-0.39, 0.29) is 11.3 Å². The standard InChI is InChI=1S/C22H18F4N2O3S/c23-16-10-12-17(13-11-16)32(30,31)28-20(14-15-6-2-1-3-7-15)21(29)27-19-9-5-4-8-18(19)22(24,25)26/h1-13,20,28H,14H2,(H,27,29)/t20-/m1/s1. The molecule has 1 atom stereocenters. The Kier molecular flexibility index (Phi) is 6.95. The smallest absolute Gasteiger partial charge is 0.324 e. The van der Waals surface area contributed by atoms with Crippen LogP contribution in [0.5, 0.6) is 0 Å². The van der Waals surface area contributed by atoms with E-state index in [1.165, 1.54) is 12.1 Å². The summed E-state index contributed by atoms with van der Waals surface area (Å²) < 4.78 is 80.7. The first-order valence-electron chi connectivity index (χ1n) is 9.35. The van der Waals surface area contributed by atoms with Gasteiger partial charge in [0.15, 0.2) is 0 Å². The van der Waals surface area contributed by atoms with Crippen LogP contribution in [0.15, 0.2) is 83.8 Å². The molecule has 32 heavy (non-hydrogen) atoms. The van der Waals surface area contributed by atoms with Crippen LogP contribution in [0.2, 0.25) is 0 Å². The maximum absolute atomic E-state index is 13.3. The van der Waals surface area contributed by atoms with Crippen molar-refractivity contribution in [3.8, 4) is 0 Å². The summed E-state index contributed by atoms with van der Waals surface area (Å²) in [6.45, 7) is 0. The summed E-state index contributed by atoms with van der Waals surface area (Å²) in [5, 5.41) is 2.17. The van der Waals surface area contributed by atoms with Crippen LogP contribution in [0.4, 0.5) is 23.2 Å². The topological polar surface area (TPSA) is 75.3 Å². The van der Waals surface area contributed by atoms with E-state index in [9.17, 15) is 30.8 Å². The highest BCUT2D eigenvalue weighted by Gasteiger charge is 2.34. The van der Waals surface area contributed by atoms with Gasteiger partial charge in [0.2, 0.25) is 15.9 Å². The Morgan fingerprint density at radius 3 is 2.09 bits per heavy atom. The van der Waals surface area contributed by atoms with E-state index in [4.69, 9.17) is 0 Å². The number of nitrogens with one attached hydrogen (secondary N) is 2.